The molecule has 2 aliphatic rings. The molecule has 3 heterocycles. The summed E-state index contributed by atoms with van der Waals surface area (Å²) in [5.41, 5.74) is 1.25. The fourth-order valence-corrected chi connectivity index (χ4v) is 5.39. The molecule has 5 rings (SSSR count). The van der Waals surface area contributed by atoms with E-state index in [-0.39, 0.29) is 17.5 Å². The molecule has 3 aromatic rings. The average Bonchev–Trinajstić information content (AvgIpc) is 3.04. The number of methoxy groups -OCH3 is 2. The molecule has 2 fully saturated rings. The van der Waals surface area contributed by atoms with Gasteiger partial charge >= 0.3 is 12.3 Å². The van der Waals surface area contributed by atoms with Gasteiger partial charge in [0.05, 0.1) is 25.6 Å². The number of carboxylic acid groups (broad SMARTS) is 1. The first-order chi connectivity index (χ1) is 22.0. The molecule has 0 radical (unpaired) electrons. The number of alkyl halides is 3. The highest BCUT2D eigenvalue weighted by Crippen LogP contribution is 2.39. The zero-order chi connectivity index (χ0) is 33.0. The molecule has 1 aromatic heterocycles. The molecule has 2 aromatic carbocycles. The summed E-state index contributed by atoms with van der Waals surface area (Å²) in [7, 11) is 2.89. The van der Waals surface area contributed by atoms with Crippen molar-refractivity contribution in [2.45, 2.75) is 13.1 Å². The lowest BCUT2D eigenvalue weighted by molar-refractivity contribution is -0.137. The lowest BCUT2D eigenvalue weighted by Crippen LogP contribution is -2.48. The Labute approximate surface area is 263 Å². The summed E-state index contributed by atoms with van der Waals surface area (Å²) in [6, 6.07) is 10.4. The molecule has 0 bridgehead atoms. The van der Waals surface area contributed by atoms with Crippen LogP contribution < -0.4 is 29.9 Å². The maximum absolute atomic E-state index is 14.0. The maximum atomic E-state index is 14.0. The lowest BCUT2D eigenvalue weighted by atomic mass is 10.2. The van der Waals surface area contributed by atoms with Gasteiger partial charge in [0, 0.05) is 89.0 Å². The van der Waals surface area contributed by atoms with Crippen molar-refractivity contribution in [3.8, 4) is 11.5 Å². The topological polar surface area (TPSA) is 136 Å². The highest BCUT2D eigenvalue weighted by molar-refractivity contribution is 5.75. The fourth-order valence-electron chi connectivity index (χ4n) is 5.39. The molecular formula is C30H35F3N8O5. The number of aromatic nitrogens is 2. The summed E-state index contributed by atoms with van der Waals surface area (Å²) in [5.74, 6) is 0.153. The lowest BCUT2D eigenvalue weighted by Gasteiger charge is -2.35. The summed E-state index contributed by atoms with van der Waals surface area (Å²) in [5, 5.41) is 14.9. The number of hydrogen-bond acceptors (Lipinski definition) is 10. The first kappa shape index (κ1) is 32.2. The SMILES string of the molecule is COc1cc(N2CCN(C(=O)O)CC2)ccc1Nc1ncc(C(F)(F)F)c(Nc2ccc(N3CCN(C(C)=O)CC3)cc2OC)n1. The molecule has 0 atom stereocenters. The molecule has 2 aliphatic heterocycles. The summed E-state index contributed by atoms with van der Waals surface area (Å²) >= 11 is 0. The third kappa shape index (κ3) is 7.21. The van der Waals surface area contributed by atoms with Crippen LogP contribution in [0.3, 0.4) is 0 Å². The number of halogens is 3. The van der Waals surface area contributed by atoms with Gasteiger partial charge in [-0.2, -0.15) is 18.2 Å². The van der Waals surface area contributed by atoms with E-state index in [1.165, 1.54) is 26.0 Å². The van der Waals surface area contributed by atoms with E-state index in [1.807, 2.05) is 4.90 Å². The van der Waals surface area contributed by atoms with E-state index in [4.69, 9.17) is 9.47 Å². The number of carbonyl (C=O) groups excluding carboxylic acids is 1. The molecule has 46 heavy (non-hydrogen) atoms. The minimum atomic E-state index is -4.74. The Hall–Kier alpha value is -5.15. The summed E-state index contributed by atoms with van der Waals surface area (Å²) in [6.45, 7) is 5.61. The van der Waals surface area contributed by atoms with Crippen LogP contribution in [0.15, 0.2) is 42.6 Å². The monoisotopic (exact) mass is 644 g/mol. The van der Waals surface area contributed by atoms with Crippen molar-refractivity contribution < 1.29 is 37.3 Å². The van der Waals surface area contributed by atoms with Crippen molar-refractivity contribution in [2.75, 3.05) is 87.0 Å². The Morgan fingerprint density at radius 1 is 0.804 bits per heavy atom. The van der Waals surface area contributed by atoms with E-state index in [0.717, 1.165) is 11.4 Å². The number of anilines is 6. The largest absolute Gasteiger partial charge is 0.494 e. The minimum Gasteiger partial charge on any atom is -0.494 e. The van der Waals surface area contributed by atoms with Gasteiger partial charge in [-0.05, 0) is 24.3 Å². The molecule has 0 saturated carbocycles. The predicted octanol–water partition coefficient (Wildman–Crippen LogP) is 4.47. The second kappa shape index (κ2) is 13.5. The van der Waals surface area contributed by atoms with Gasteiger partial charge in [-0.3, -0.25) is 4.79 Å². The third-order valence-corrected chi connectivity index (χ3v) is 7.97. The number of amides is 2. The van der Waals surface area contributed by atoms with E-state index in [1.54, 1.807) is 41.3 Å². The van der Waals surface area contributed by atoms with Crippen molar-refractivity contribution in [3.05, 3.63) is 48.2 Å². The first-order valence-corrected chi connectivity index (χ1v) is 14.5. The molecule has 3 N–H and O–H groups in total. The summed E-state index contributed by atoms with van der Waals surface area (Å²) in [6.07, 6.45) is -5.00. The smallest absolute Gasteiger partial charge is 0.421 e. The van der Waals surface area contributed by atoms with E-state index < -0.39 is 23.7 Å². The number of benzene rings is 2. The van der Waals surface area contributed by atoms with E-state index in [0.29, 0.717) is 75.7 Å². The van der Waals surface area contributed by atoms with Gasteiger partial charge in [0.15, 0.2) is 0 Å². The van der Waals surface area contributed by atoms with Gasteiger partial charge < -0.3 is 44.8 Å². The average molecular weight is 645 g/mol. The number of ether oxygens (including phenoxy) is 2. The molecule has 0 aliphatic carbocycles. The molecule has 0 spiro atoms. The Morgan fingerprint density at radius 2 is 1.30 bits per heavy atom. The highest BCUT2D eigenvalue weighted by atomic mass is 19.4. The molecule has 2 saturated heterocycles. The molecule has 16 heteroatoms. The quantitative estimate of drug-likeness (QED) is 0.321. The number of nitrogens with zero attached hydrogens (tertiary/aromatic N) is 6. The van der Waals surface area contributed by atoms with E-state index in [2.05, 4.69) is 25.5 Å². The number of nitrogens with one attached hydrogen (secondary N) is 2. The predicted molar refractivity (Wildman–Crippen MR) is 166 cm³/mol. The number of piperazine rings is 2. The van der Waals surface area contributed by atoms with Gasteiger partial charge in [-0.15, -0.1) is 0 Å². The second-order valence-corrected chi connectivity index (χ2v) is 10.7. The maximum Gasteiger partial charge on any atom is 0.421 e. The van der Waals surface area contributed by atoms with Crippen molar-refractivity contribution in [1.82, 2.24) is 19.8 Å². The van der Waals surface area contributed by atoms with Crippen LogP contribution in [-0.2, 0) is 11.0 Å². The number of hydrogen-bond donors (Lipinski definition) is 3. The van der Waals surface area contributed by atoms with Crippen molar-refractivity contribution >= 4 is 46.5 Å². The molecule has 246 valence electrons. The van der Waals surface area contributed by atoms with Crippen LogP contribution in [0.5, 0.6) is 11.5 Å². The third-order valence-electron chi connectivity index (χ3n) is 7.97. The van der Waals surface area contributed by atoms with Gasteiger partial charge in [-0.25, -0.2) is 9.78 Å². The number of rotatable bonds is 8. The van der Waals surface area contributed by atoms with Crippen LogP contribution in [-0.4, -0.2) is 103 Å². The van der Waals surface area contributed by atoms with Gasteiger partial charge in [0.2, 0.25) is 11.9 Å². The van der Waals surface area contributed by atoms with Crippen LogP contribution >= 0.6 is 0 Å². The minimum absolute atomic E-state index is 0.0135. The molecule has 0 unspecified atom stereocenters. The number of carbonyl (C=O) groups is 2. The highest BCUT2D eigenvalue weighted by Gasteiger charge is 2.36. The fraction of sp³-hybridized carbons (Fsp3) is 0.400. The van der Waals surface area contributed by atoms with Gasteiger partial charge in [0.25, 0.3) is 0 Å². The Bertz CT molecular complexity index is 1570. The van der Waals surface area contributed by atoms with Crippen molar-refractivity contribution in [2.24, 2.45) is 0 Å². The zero-order valence-corrected chi connectivity index (χ0v) is 25.6. The van der Waals surface area contributed by atoms with Crippen LogP contribution in [0.2, 0.25) is 0 Å². The normalized spacial score (nSPS) is 15.4. The second-order valence-electron chi connectivity index (χ2n) is 10.7. The Kier molecular flexibility index (Phi) is 9.44. The van der Waals surface area contributed by atoms with Gasteiger partial charge in [-0.1, -0.05) is 0 Å². The molecule has 2 amide bonds. The van der Waals surface area contributed by atoms with Crippen molar-refractivity contribution in [3.63, 3.8) is 0 Å². The Morgan fingerprint density at radius 3 is 1.76 bits per heavy atom. The van der Waals surface area contributed by atoms with Crippen LogP contribution in [0, 0.1) is 0 Å². The zero-order valence-electron chi connectivity index (χ0n) is 25.6. The van der Waals surface area contributed by atoms with Crippen LogP contribution in [0.1, 0.15) is 12.5 Å². The van der Waals surface area contributed by atoms with E-state index >= 15 is 0 Å². The van der Waals surface area contributed by atoms with Crippen LogP contribution in [0.4, 0.5) is 52.5 Å². The molecular weight excluding hydrogens is 609 g/mol. The van der Waals surface area contributed by atoms with Crippen LogP contribution in [0.25, 0.3) is 0 Å². The first-order valence-electron chi connectivity index (χ1n) is 14.5. The standard InChI is InChI=1S/C30H35F3N8O5/c1-19(42)38-8-10-39(11-9-38)20-4-6-23(25(16-20)45-2)35-27-22(30(31,32)33)18-34-28(37-27)36-24-7-5-21(17-26(24)46-3)40-12-14-41(15-13-40)29(43)44/h4-7,16-18H,8-15H2,1-3H3,(H,43,44)(H2,34,35,36,37). The van der Waals surface area contributed by atoms with Crippen molar-refractivity contribution in [1.29, 1.82) is 0 Å². The Balaban J connectivity index is 1.36. The van der Waals surface area contributed by atoms with E-state index in [9.17, 15) is 27.9 Å². The molecule has 13 nitrogen and oxygen atoms in total. The summed E-state index contributed by atoms with van der Waals surface area (Å²) in [4.78, 5) is 38.2. The summed E-state index contributed by atoms with van der Waals surface area (Å²) < 4.78 is 53.1. The van der Waals surface area contributed by atoms with Gasteiger partial charge in [0.1, 0.15) is 22.9 Å².